The number of aliphatic hydroxyl groups excluding tert-OH is 1. The van der Waals surface area contributed by atoms with Gasteiger partial charge in [0, 0.05) is 31.4 Å². The molecule has 1 saturated carbocycles. The third kappa shape index (κ3) is 1.90. The van der Waals surface area contributed by atoms with Crippen molar-refractivity contribution in [2.75, 3.05) is 13.1 Å². The minimum Gasteiger partial charge on any atom is -0.393 e. The molecular weight excluding hydrogens is 228 g/mol. The summed E-state index contributed by atoms with van der Waals surface area (Å²) < 4.78 is 0. The number of aryl methyl sites for hydroxylation is 1. The zero-order valence-electron chi connectivity index (χ0n) is 10.5. The van der Waals surface area contributed by atoms with E-state index < -0.39 is 0 Å². The molecule has 0 spiro atoms. The van der Waals surface area contributed by atoms with E-state index in [0.717, 1.165) is 24.9 Å². The van der Waals surface area contributed by atoms with E-state index >= 15 is 0 Å². The van der Waals surface area contributed by atoms with Crippen molar-refractivity contribution in [1.82, 2.24) is 9.88 Å². The van der Waals surface area contributed by atoms with Crippen molar-refractivity contribution in [3.63, 3.8) is 0 Å². The minimum absolute atomic E-state index is 0.0489. The number of fused-ring (bicyclic) bond motifs is 1. The maximum absolute atomic E-state index is 12.3. The second kappa shape index (κ2) is 4.35. The maximum atomic E-state index is 12.3. The van der Waals surface area contributed by atoms with Crippen LogP contribution in [0.3, 0.4) is 0 Å². The van der Waals surface area contributed by atoms with E-state index in [1.165, 1.54) is 0 Å². The summed E-state index contributed by atoms with van der Waals surface area (Å²) in [6, 6.07) is 1.87. The SMILES string of the molecule is Cc1cncc(C(=O)N2CC3CCC(O)C3C2)c1. The number of carbonyl (C=O) groups excluding carboxylic acids is 1. The molecule has 2 heterocycles. The molecular formula is C14H18N2O2. The number of hydrogen-bond acceptors (Lipinski definition) is 3. The molecule has 1 aromatic rings. The highest BCUT2D eigenvalue weighted by atomic mass is 16.3. The van der Waals surface area contributed by atoms with Crippen molar-refractivity contribution in [3.05, 3.63) is 29.6 Å². The average Bonchev–Trinajstić information content (AvgIpc) is 2.91. The van der Waals surface area contributed by atoms with Gasteiger partial charge in [0.05, 0.1) is 11.7 Å². The van der Waals surface area contributed by atoms with E-state index in [0.29, 0.717) is 18.0 Å². The first-order valence-electron chi connectivity index (χ1n) is 6.54. The predicted octanol–water partition coefficient (Wildman–Crippen LogP) is 1.23. The molecule has 3 rings (SSSR count). The first-order valence-corrected chi connectivity index (χ1v) is 6.54. The Bertz CT molecular complexity index is 475. The average molecular weight is 246 g/mol. The lowest BCUT2D eigenvalue weighted by Crippen LogP contribution is -2.31. The monoisotopic (exact) mass is 246 g/mol. The third-order valence-electron chi connectivity index (χ3n) is 4.23. The third-order valence-corrected chi connectivity index (χ3v) is 4.23. The Kier molecular flexibility index (Phi) is 2.82. The van der Waals surface area contributed by atoms with Crippen LogP contribution in [0.25, 0.3) is 0 Å². The topological polar surface area (TPSA) is 53.4 Å². The fourth-order valence-electron chi connectivity index (χ4n) is 3.26. The second-order valence-electron chi connectivity index (χ2n) is 5.53. The number of aromatic nitrogens is 1. The van der Waals surface area contributed by atoms with Gasteiger partial charge in [0.1, 0.15) is 0 Å². The van der Waals surface area contributed by atoms with Crippen molar-refractivity contribution in [3.8, 4) is 0 Å². The predicted molar refractivity (Wildman–Crippen MR) is 67.1 cm³/mol. The summed E-state index contributed by atoms with van der Waals surface area (Å²) in [5.41, 5.74) is 1.66. The molecule has 1 aromatic heterocycles. The van der Waals surface area contributed by atoms with Crippen molar-refractivity contribution >= 4 is 5.91 Å². The molecule has 0 radical (unpaired) electrons. The van der Waals surface area contributed by atoms with Gasteiger partial charge in [-0.05, 0) is 37.3 Å². The number of nitrogens with zero attached hydrogens (tertiary/aromatic N) is 2. The minimum atomic E-state index is -0.219. The first kappa shape index (κ1) is 11.7. The molecule has 18 heavy (non-hydrogen) atoms. The van der Waals surface area contributed by atoms with Crippen LogP contribution in [0.15, 0.2) is 18.5 Å². The van der Waals surface area contributed by atoms with Crippen LogP contribution in [0.2, 0.25) is 0 Å². The maximum Gasteiger partial charge on any atom is 0.255 e. The Morgan fingerprint density at radius 3 is 2.94 bits per heavy atom. The van der Waals surface area contributed by atoms with E-state index in [1.807, 2.05) is 17.9 Å². The van der Waals surface area contributed by atoms with Crippen molar-refractivity contribution in [1.29, 1.82) is 0 Å². The lowest BCUT2D eigenvalue weighted by atomic mass is 10.00. The van der Waals surface area contributed by atoms with Crippen LogP contribution in [0, 0.1) is 18.8 Å². The van der Waals surface area contributed by atoms with Crippen LogP contribution in [0.5, 0.6) is 0 Å². The Labute approximate surface area is 107 Å². The van der Waals surface area contributed by atoms with E-state index in [9.17, 15) is 9.90 Å². The molecule has 3 unspecified atom stereocenters. The largest absolute Gasteiger partial charge is 0.393 e. The molecule has 96 valence electrons. The Hall–Kier alpha value is -1.42. The zero-order chi connectivity index (χ0) is 12.7. The summed E-state index contributed by atoms with van der Waals surface area (Å²) in [7, 11) is 0. The van der Waals surface area contributed by atoms with Gasteiger partial charge < -0.3 is 10.0 Å². The number of carbonyl (C=O) groups is 1. The molecule has 4 heteroatoms. The lowest BCUT2D eigenvalue weighted by Gasteiger charge is -2.18. The number of hydrogen-bond donors (Lipinski definition) is 1. The summed E-state index contributed by atoms with van der Waals surface area (Å²) in [6.45, 7) is 3.42. The number of amides is 1. The summed E-state index contributed by atoms with van der Waals surface area (Å²) >= 11 is 0. The standard InChI is InChI=1S/C14H18N2O2/c1-9-4-11(6-15-5-9)14(18)16-7-10-2-3-13(17)12(10)8-16/h4-6,10,12-13,17H,2-3,7-8H2,1H3. The first-order chi connectivity index (χ1) is 8.65. The quantitative estimate of drug-likeness (QED) is 0.811. The van der Waals surface area contributed by atoms with Gasteiger partial charge in [0.2, 0.25) is 0 Å². The van der Waals surface area contributed by atoms with Gasteiger partial charge in [-0.2, -0.15) is 0 Å². The van der Waals surface area contributed by atoms with Gasteiger partial charge in [-0.3, -0.25) is 9.78 Å². The number of likely N-dealkylation sites (tertiary alicyclic amines) is 1. The number of pyridine rings is 1. The fourth-order valence-corrected chi connectivity index (χ4v) is 3.26. The van der Waals surface area contributed by atoms with Crippen LogP contribution in [-0.2, 0) is 0 Å². The summed E-state index contributed by atoms with van der Waals surface area (Å²) in [4.78, 5) is 18.3. The van der Waals surface area contributed by atoms with Crippen molar-refractivity contribution in [2.45, 2.75) is 25.9 Å². The van der Waals surface area contributed by atoms with Gasteiger partial charge in [-0.15, -0.1) is 0 Å². The van der Waals surface area contributed by atoms with Gasteiger partial charge in [-0.25, -0.2) is 0 Å². The van der Waals surface area contributed by atoms with E-state index in [1.54, 1.807) is 12.4 Å². The van der Waals surface area contributed by atoms with Gasteiger partial charge in [-0.1, -0.05) is 0 Å². The molecule has 3 atom stereocenters. The Balaban J connectivity index is 1.75. The number of rotatable bonds is 1. The summed E-state index contributed by atoms with van der Waals surface area (Å²) in [5.74, 6) is 0.821. The molecule has 0 aromatic carbocycles. The van der Waals surface area contributed by atoms with Gasteiger partial charge >= 0.3 is 0 Å². The molecule has 1 aliphatic heterocycles. The molecule has 4 nitrogen and oxygen atoms in total. The molecule has 1 amide bonds. The van der Waals surface area contributed by atoms with Crippen molar-refractivity contribution < 1.29 is 9.90 Å². The van der Waals surface area contributed by atoms with Gasteiger partial charge in [0.15, 0.2) is 0 Å². The van der Waals surface area contributed by atoms with E-state index in [-0.39, 0.29) is 17.9 Å². The van der Waals surface area contributed by atoms with Gasteiger partial charge in [0.25, 0.3) is 5.91 Å². The molecule has 1 saturated heterocycles. The molecule has 2 fully saturated rings. The molecule has 0 bridgehead atoms. The molecule has 2 aliphatic rings. The van der Waals surface area contributed by atoms with Crippen LogP contribution in [0.4, 0.5) is 0 Å². The summed E-state index contributed by atoms with van der Waals surface area (Å²) in [6.07, 6.45) is 5.09. The fraction of sp³-hybridized carbons (Fsp3) is 0.571. The van der Waals surface area contributed by atoms with Crippen molar-refractivity contribution in [2.24, 2.45) is 11.8 Å². The second-order valence-corrected chi connectivity index (χ2v) is 5.53. The summed E-state index contributed by atoms with van der Waals surface area (Å²) in [5, 5.41) is 9.86. The lowest BCUT2D eigenvalue weighted by molar-refractivity contribution is 0.0752. The Morgan fingerprint density at radius 1 is 1.39 bits per heavy atom. The highest BCUT2D eigenvalue weighted by molar-refractivity contribution is 5.94. The van der Waals surface area contributed by atoms with Crippen LogP contribution >= 0.6 is 0 Å². The van der Waals surface area contributed by atoms with E-state index in [2.05, 4.69) is 4.98 Å². The normalized spacial score (nSPS) is 30.6. The highest BCUT2D eigenvalue weighted by Gasteiger charge is 2.43. The van der Waals surface area contributed by atoms with Crippen LogP contribution < -0.4 is 0 Å². The molecule has 1 aliphatic carbocycles. The Morgan fingerprint density at radius 2 is 2.22 bits per heavy atom. The highest BCUT2D eigenvalue weighted by Crippen LogP contribution is 2.38. The number of aliphatic hydroxyl groups is 1. The zero-order valence-corrected chi connectivity index (χ0v) is 10.5. The smallest absolute Gasteiger partial charge is 0.255 e. The van der Waals surface area contributed by atoms with Crippen LogP contribution in [-0.4, -0.2) is 40.1 Å². The van der Waals surface area contributed by atoms with Crippen LogP contribution in [0.1, 0.15) is 28.8 Å². The van der Waals surface area contributed by atoms with E-state index in [4.69, 9.17) is 0 Å². The molecule has 1 N–H and O–H groups in total.